The van der Waals surface area contributed by atoms with E-state index in [-0.39, 0.29) is 13.0 Å². The van der Waals surface area contributed by atoms with E-state index in [1.165, 1.54) is 11.8 Å². The molecule has 1 amide bonds. The maximum Gasteiger partial charge on any atom is 0.326 e. The highest BCUT2D eigenvalue weighted by molar-refractivity contribution is 5.88. The van der Waals surface area contributed by atoms with Gasteiger partial charge in [0, 0.05) is 13.0 Å². The van der Waals surface area contributed by atoms with Crippen LogP contribution in [0.2, 0.25) is 0 Å². The first-order valence-electron chi connectivity index (χ1n) is 7.40. The number of carbonyl (C=O) groups is 3. The predicted octanol–water partition coefficient (Wildman–Crippen LogP) is 0.476. The van der Waals surface area contributed by atoms with Crippen LogP contribution in [0, 0.1) is 0 Å². The Hall–Kier alpha value is -2.41. The van der Waals surface area contributed by atoms with Crippen molar-refractivity contribution in [2.75, 3.05) is 0 Å². The molecule has 23 heavy (non-hydrogen) atoms. The van der Waals surface area contributed by atoms with Crippen molar-refractivity contribution in [2.24, 2.45) is 0 Å². The highest BCUT2D eigenvalue weighted by atomic mass is 16.4. The molecule has 3 N–H and O–H groups in total. The van der Waals surface area contributed by atoms with Gasteiger partial charge in [-0.1, -0.05) is 24.3 Å². The molecule has 1 heterocycles. The minimum atomic E-state index is -1.07. The number of aliphatic carboxylic acids is 2. The lowest BCUT2D eigenvalue weighted by atomic mass is 9.93. The summed E-state index contributed by atoms with van der Waals surface area (Å²) in [6, 6.07) is 4.79. The number of nitrogens with zero attached hydrogens (tertiary/aromatic N) is 1. The zero-order valence-electron chi connectivity index (χ0n) is 13.0. The molecule has 0 aliphatic carbocycles. The number of rotatable bonds is 5. The molecular formula is C16H20N2O5. The summed E-state index contributed by atoms with van der Waals surface area (Å²) < 4.78 is 0. The van der Waals surface area contributed by atoms with Crippen LogP contribution in [-0.2, 0) is 27.3 Å². The van der Waals surface area contributed by atoms with Gasteiger partial charge in [0.1, 0.15) is 12.1 Å². The number of hydrogen-bond donors (Lipinski definition) is 3. The number of carbonyl (C=O) groups excluding carboxylic acids is 1. The molecule has 2 unspecified atom stereocenters. The van der Waals surface area contributed by atoms with Crippen LogP contribution < -0.4 is 5.32 Å². The Kier molecular flexibility index (Phi) is 5.00. The number of benzene rings is 1. The number of nitrogens with one attached hydrogen (secondary N) is 1. The van der Waals surface area contributed by atoms with E-state index in [4.69, 9.17) is 5.11 Å². The average Bonchev–Trinajstić information content (AvgIpc) is 2.52. The predicted molar refractivity (Wildman–Crippen MR) is 81.8 cm³/mol. The molecule has 0 radical (unpaired) electrons. The van der Waals surface area contributed by atoms with Crippen LogP contribution in [0.3, 0.4) is 0 Å². The Balaban J connectivity index is 2.20. The van der Waals surface area contributed by atoms with E-state index in [0.29, 0.717) is 0 Å². The molecule has 0 fully saturated rings. The summed E-state index contributed by atoms with van der Waals surface area (Å²) in [5.41, 5.74) is 1.83. The van der Waals surface area contributed by atoms with Crippen molar-refractivity contribution in [3.05, 3.63) is 35.4 Å². The minimum Gasteiger partial charge on any atom is -0.480 e. The molecule has 7 nitrogen and oxygen atoms in total. The Morgan fingerprint density at radius 2 is 1.74 bits per heavy atom. The second kappa shape index (κ2) is 6.78. The quantitative estimate of drug-likeness (QED) is 0.728. The zero-order valence-corrected chi connectivity index (χ0v) is 13.0. The van der Waals surface area contributed by atoms with Crippen molar-refractivity contribution in [3.8, 4) is 0 Å². The van der Waals surface area contributed by atoms with Crippen molar-refractivity contribution in [1.82, 2.24) is 10.2 Å². The fraction of sp³-hybridized carbons (Fsp3) is 0.438. The van der Waals surface area contributed by atoms with E-state index in [1.807, 2.05) is 24.3 Å². The molecule has 0 bridgehead atoms. The van der Waals surface area contributed by atoms with Gasteiger partial charge < -0.3 is 15.1 Å². The van der Waals surface area contributed by atoms with Gasteiger partial charge in [-0.2, -0.15) is 0 Å². The number of hydrogen-bond acceptors (Lipinski definition) is 4. The maximum atomic E-state index is 12.6. The maximum absolute atomic E-state index is 12.6. The van der Waals surface area contributed by atoms with Gasteiger partial charge in [-0.05, 0) is 25.0 Å². The molecular weight excluding hydrogens is 300 g/mol. The molecule has 0 spiro atoms. The SMILES string of the molecule is CC(NC(C)C(=O)N1Cc2ccccc2C[C@H]1C(=O)O)C(=O)O. The molecule has 124 valence electrons. The van der Waals surface area contributed by atoms with Crippen molar-refractivity contribution in [3.63, 3.8) is 0 Å². The van der Waals surface area contributed by atoms with Crippen molar-refractivity contribution in [2.45, 2.75) is 44.9 Å². The second-order valence-corrected chi connectivity index (χ2v) is 5.74. The lowest BCUT2D eigenvalue weighted by Crippen LogP contribution is -2.55. The van der Waals surface area contributed by atoms with Gasteiger partial charge in [0.15, 0.2) is 0 Å². The molecule has 7 heteroatoms. The first kappa shape index (κ1) is 17.0. The fourth-order valence-corrected chi connectivity index (χ4v) is 2.74. The Morgan fingerprint density at radius 3 is 2.30 bits per heavy atom. The van der Waals surface area contributed by atoms with E-state index >= 15 is 0 Å². The molecule has 2 rings (SSSR count). The Bertz CT molecular complexity index is 631. The van der Waals surface area contributed by atoms with Gasteiger partial charge in [0.2, 0.25) is 5.91 Å². The Labute approximate surface area is 133 Å². The van der Waals surface area contributed by atoms with Gasteiger partial charge >= 0.3 is 11.9 Å². The Morgan fingerprint density at radius 1 is 1.13 bits per heavy atom. The smallest absolute Gasteiger partial charge is 0.326 e. The first-order valence-corrected chi connectivity index (χ1v) is 7.40. The summed E-state index contributed by atoms with van der Waals surface area (Å²) in [7, 11) is 0. The van der Waals surface area contributed by atoms with Crippen LogP contribution in [0.5, 0.6) is 0 Å². The van der Waals surface area contributed by atoms with Crippen molar-refractivity contribution in [1.29, 1.82) is 0 Å². The normalized spacial score (nSPS) is 19.6. The lowest BCUT2D eigenvalue weighted by molar-refractivity contribution is -0.152. The van der Waals surface area contributed by atoms with Crippen LogP contribution in [0.15, 0.2) is 24.3 Å². The number of amides is 1. The molecule has 1 aromatic carbocycles. The molecule has 0 saturated carbocycles. The van der Waals surface area contributed by atoms with Gasteiger partial charge in [0.25, 0.3) is 0 Å². The van der Waals surface area contributed by atoms with E-state index in [0.717, 1.165) is 11.1 Å². The zero-order chi connectivity index (χ0) is 17.1. The van der Waals surface area contributed by atoms with E-state index in [1.54, 1.807) is 6.92 Å². The van der Waals surface area contributed by atoms with Crippen molar-refractivity contribution < 1.29 is 24.6 Å². The summed E-state index contributed by atoms with van der Waals surface area (Å²) in [4.78, 5) is 36.3. The monoisotopic (exact) mass is 320 g/mol. The molecule has 1 aliphatic heterocycles. The minimum absolute atomic E-state index is 0.208. The third-order valence-corrected chi connectivity index (χ3v) is 4.06. The van der Waals surface area contributed by atoms with Gasteiger partial charge in [0.05, 0.1) is 6.04 Å². The van der Waals surface area contributed by atoms with Gasteiger partial charge in [-0.15, -0.1) is 0 Å². The summed E-state index contributed by atoms with van der Waals surface area (Å²) in [5, 5.41) is 21.0. The molecule has 3 atom stereocenters. The summed E-state index contributed by atoms with van der Waals surface area (Å²) >= 11 is 0. The van der Waals surface area contributed by atoms with E-state index in [2.05, 4.69) is 5.32 Å². The highest BCUT2D eigenvalue weighted by Crippen LogP contribution is 2.24. The number of carboxylic acids is 2. The average molecular weight is 320 g/mol. The third-order valence-electron chi connectivity index (χ3n) is 4.06. The fourth-order valence-electron chi connectivity index (χ4n) is 2.74. The van der Waals surface area contributed by atoms with E-state index < -0.39 is 36.0 Å². The third kappa shape index (κ3) is 3.68. The van der Waals surface area contributed by atoms with Crippen LogP contribution in [0.25, 0.3) is 0 Å². The standard InChI is InChI=1S/C16H20N2O5/c1-9(17-10(2)15(20)21)14(19)18-8-12-6-4-3-5-11(12)7-13(18)16(22)23/h3-6,9-10,13,17H,7-8H2,1-2H3,(H,20,21)(H,22,23)/t9?,10?,13-/m0/s1. The van der Waals surface area contributed by atoms with Crippen LogP contribution in [-0.4, -0.2) is 51.1 Å². The highest BCUT2D eigenvalue weighted by Gasteiger charge is 2.36. The summed E-state index contributed by atoms with van der Waals surface area (Å²) in [5.74, 6) is -2.55. The van der Waals surface area contributed by atoms with Crippen LogP contribution in [0.4, 0.5) is 0 Å². The second-order valence-electron chi connectivity index (χ2n) is 5.74. The van der Waals surface area contributed by atoms with Crippen LogP contribution >= 0.6 is 0 Å². The summed E-state index contributed by atoms with van der Waals surface area (Å²) in [6.07, 6.45) is 0.248. The largest absolute Gasteiger partial charge is 0.480 e. The van der Waals surface area contributed by atoms with E-state index in [9.17, 15) is 19.5 Å². The van der Waals surface area contributed by atoms with Crippen molar-refractivity contribution >= 4 is 17.8 Å². The summed E-state index contributed by atoms with van der Waals surface area (Å²) in [6.45, 7) is 3.19. The van der Waals surface area contributed by atoms with Gasteiger partial charge in [-0.25, -0.2) is 4.79 Å². The molecule has 1 aromatic rings. The van der Waals surface area contributed by atoms with Gasteiger partial charge in [-0.3, -0.25) is 14.9 Å². The topological polar surface area (TPSA) is 107 Å². The number of fused-ring (bicyclic) bond motifs is 1. The lowest BCUT2D eigenvalue weighted by Gasteiger charge is -2.36. The number of carboxylic acid groups (broad SMARTS) is 2. The first-order chi connectivity index (χ1) is 10.8. The molecule has 1 aliphatic rings. The molecule has 0 saturated heterocycles. The molecule has 0 aromatic heterocycles. The van der Waals surface area contributed by atoms with Crippen LogP contribution in [0.1, 0.15) is 25.0 Å².